The van der Waals surface area contributed by atoms with Gasteiger partial charge in [0.2, 0.25) is 0 Å². The number of hydrogen-bond acceptors (Lipinski definition) is 8. The first kappa shape index (κ1) is 19.2. The highest BCUT2D eigenvalue weighted by Gasteiger charge is 2.28. The van der Waals surface area contributed by atoms with Gasteiger partial charge in [0, 0.05) is 11.6 Å². The standard InChI is InChI=1S/C19H9Cl2N5O5/c20-13-16-18(31-12-6-8(26(28)29)2-4-10(12)24-16)14(21)15-17(13)30-11-5-7(19(27)25-22)1-3-9(11)23-15/h1-6H,22H2,(H,25,27). The Morgan fingerprint density at radius 1 is 0.968 bits per heavy atom. The Morgan fingerprint density at radius 3 is 2.06 bits per heavy atom. The quantitative estimate of drug-likeness (QED) is 0.179. The van der Waals surface area contributed by atoms with E-state index >= 15 is 0 Å². The van der Waals surface area contributed by atoms with Crippen LogP contribution in [0, 0.1) is 10.1 Å². The molecule has 1 amide bonds. The number of benzene rings is 3. The topological polar surface area (TPSA) is 141 Å². The summed E-state index contributed by atoms with van der Waals surface area (Å²) < 4.78 is 11.7. The number of nitrogens with zero attached hydrogens (tertiary/aromatic N) is 3. The van der Waals surface area contributed by atoms with Crippen molar-refractivity contribution in [1.82, 2.24) is 5.43 Å². The Hall–Kier alpha value is -3.73. The Kier molecular flexibility index (Phi) is 4.29. The highest BCUT2D eigenvalue weighted by molar-refractivity contribution is 6.35. The first-order valence-electron chi connectivity index (χ1n) is 8.65. The van der Waals surface area contributed by atoms with E-state index in [2.05, 4.69) is 9.98 Å². The molecule has 5 rings (SSSR count). The summed E-state index contributed by atoms with van der Waals surface area (Å²) in [5, 5.41) is 11.6. The monoisotopic (exact) mass is 457 g/mol. The predicted molar refractivity (Wildman–Crippen MR) is 109 cm³/mol. The molecule has 3 N–H and O–H groups in total. The van der Waals surface area contributed by atoms with E-state index in [1.807, 2.05) is 5.43 Å². The van der Waals surface area contributed by atoms with Gasteiger partial charge in [-0.3, -0.25) is 20.3 Å². The highest BCUT2D eigenvalue weighted by Crippen LogP contribution is 2.43. The molecule has 2 aliphatic rings. The molecule has 12 heteroatoms. The van der Waals surface area contributed by atoms with Gasteiger partial charge in [0.05, 0.1) is 11.0 Å². The largest absolute Gasteiger partial charge is 0.451 e. The zero-order chi connectivity index (χ0) is 21.9. The van der Waals surface area contributed by atoms with Crippen molar-refractivity contribution in [3.05, 3.63) is 72.8 Å². The zero-order valence-corrected chi connectivity index (χ0v) is 16.7. The van der Waals surface area contributed by atoms with E-state index < -0.39 is 10.8 Å². The van der Waals surface area contributed by atoms with Crippen molar-refractivity contribution in [2.45, 2.75) is 0 Å². The van der Waals surface area contributed by atoms with Crippen LogP contribution in [0.5, 0.6) is 23.0 Å². The number of carbonyl (C=O) groups is 1. The number of rotatable bonds is 2. The van der Waals surface area contributed by atoms with Crippen LogP contribution in [0.3, 0.4) is 0 Å². The van der Waals surface area contributed by atoms with Crippen molar-refractivity contribution in [3.8, 4) is 23.0 Å². The van der Waals surface area contributed by atoms with Gasteiger partial charge in [-0.15, -0.1) is 0 Å². The van der Waals surface area contributed by atoms with Crippen LogP contribution in [-0.4, -0.2) is 10.8 Å². The molecule has 0 atom stereocenters. The lowest BCUT2D eigenvalue weighted by Gasteiger charge is -2.21. The molecule has 2 heterocycles. The lowest BCUT2D eigenvalue weighted by Crippen LogP contribution is -2.30. The summed E-state index contributed by atoms with van der Waals surface area (Å²) in [7, 11) is 0. The van der Waals surface area contributed by atoms with Gasteiger partial charge in [-0.2, -0.15) is 0 Å². The normalized spacial score (nSPS) is 12.5. The SMILES string of the molecule is NNC(=O)c1ccc2c(c1)Oc1c(Cl)c3c(c(Cl)c1=N2)Oc1cc([N+](=O)[O-])ccc1N=3. The zero-order valence-electron chi connectivity index (χ0n) is 15.2. The van der Waals surface area contributed by atoms with Gasteiger partial charge in [0.15, 0.2) is 23.0 Å². The Balaban J connectivity index is 1.71. The molecule has 0 spiro atoms. The number of amides is 1. The summed E-state index contributed by atoms with van der Waals surface area (Å²) in [6.45, 7) is 0. The molecule has 154 valence electrons. The molecule has 31 heavy (non-hydrogen) atoms. The summed E-state index contributed by atoms with van der Waals surface area (Å²) in [5.74, 6) is 5.36. The number of hydrazine groups is 1. The molecular weight excluding hydrogens is 449 g/mol. The van der Waals surface area contributed by atoms with Crippen molar-refractivity contribution in [1.29, 1.82) is 0 Å². The third-order valence-electron chi connectivity index (χ3n) is 4.64. The fourth-order valence-corrected chi connectivity index (χ4v) is 3.68. The van der Waals surface area contributed by atoms with Gasteiger partial charge in [-0.1, -0.05) is 23.2 Å². The van der Waals surface area contributed by atoms with E-state index in [1.165, 1.54) is 30.3 Å². The summed E-state index contributed by atoms with van der Waals surface area (Å²) in [6, 6.07) is 8.55. The lowest BCUT2D eigenvalue weighted by atomic mass is 10.1. The third-order valence-corrected chi connectivity index (χ3v) is 5.34. The molecule has 0 aromatic heterocycles. The van der Waals surface area contributed by atoms with E-state index in [0.717, 1.165) is 0 Å². The molecule has 0 saturated carbocycles. The maximum Gasteiger partial charge on any atom is 0.273 e. The lowest BCUT2D eigenvalue weighted by molar-refractivity contribution is -0.384. The van der Waals surface area contributed by atoms with Gasteiger partial charge < -0.3 is 9.47 Å². The van der Waals surface area contributed by atoms with Crippen LogP contribution in [0.2, 0.25) is 10.0 Å². The van der Waals surface area contributed by atoms with Crippen molar-refractivity contribution >= 4 is 46.2 Å². The van der Waals surface area contributed by atoms with E-state index in [9.17, 15) is 14.9 Å². The molecular formula is C19H9Cl2N5O5. The van der Waals surface area contributed by atoms with Crippen LogP contribution in [0.4, 0.5) is 17.1 Å². The van der Waals surface area contributed by atoms with E-state index in [0.29, 0.717) is 11.4 Å². The maximum atomic E-state index is 11.8. The molecule has 3 aromatic rings. The summed E-state index contributed by atoms with van der Waals surface area (Å²) in [6.07, 6.45) is 0. The minimum Gasteiger partial charge on any atom is -0.451 e. The minimum atomic E-state index is -0.542. The fraction of sp³-hybridized carbons (Fsp3) is 0. The van der Waals surface area contributed by atoms with Gasteiger partial charge in [0.1, 0.15) is 32.1 Å². The van der Waals surface area contributed by atoms with E-state index in [-0.39, 0.29) is 55.0 Å². The average molecular weight is 458 g/mol. The number of nitro benzene ring substituents is 1. The Bertz CT molecular complexity index is 1460. The highest BCUT2D eigenvalue weighted by atomic mass is 35.5. The number of nitrogen functional groups attached to an aromatic ring is 1. The number of non-ortho nitro benzene ring substituents is 1. The van der Waals surface area contributed by atoms with Crippen molar-refractivity contribution in [2.24, 2.45) is 15.8 Å². The number of nitro groups is 1. The fourth-order valence-electron chi connectivity index (χ4n) is 3.17. The molecule has 0 bridgehead atoms. The predicted octanol–water partition coefficient (Wildman–Crippen LogP) is 3.62. The van der Waals surface area contributed by atoms with E-state index in [1.54, 1.807) is 6.07 Å². The van der Waals surface area contributed by atoms with Crippen LogP contribution in [0.15, 0.2) is 46.4 Å². The van der Waals surface area contributed by atoms with Gasteiger partial charge in [-0.25, -0.2) is 15.8 Å². The number of nitrogens with two attached hydrogens (primary N) is 1. The molecule has 0 unspecified atom stereocenters. The number of carbonyl (C=O) groups excluding carboxylic acids is 1. The number of ether oxygens (including phenoxy) is 2. The number of hydrogen-bond donors (Lipinski definition) is 2. The summed E-state index contributed by atoms with van der Waals surface area (Å²) >= 11 is 13.1. The number of fused-ring (bicyclic) bond motifs is 4. The van der Waals surface area contributed by atoms with Crippen molar-refractivity contribution in [3.63, 3.8) is 0 Å². The molecule has 0 radical (unpaired) electrons. The van der Waals surface area contributed by atoms with Crippen LogP contribution < -0.4 is 31.5 Å². The Labute approximate surface area is 182 Å². The first-order chi connectivity index (χ1) is 14.9. The average Bonchev–Trinajstić information content (AvgIpc) is 2.79. The van der Waals surface area contributed by atoms with Crippen molar-refractivity contribution in [2.75, 3.05) is 0 Å². The van der Waals surface area contributed by atoms with Crippen LogP contribution >= 0.6 is 23.2 Å². The minimum absolute atomic E-state index is 0.0738. The van der Waals surface area contributed by atoms with E-state index in [4.69, 9.17) is 38.5 Å². The van der Waals surface area contributed by atoms with Gasteiger partial charge in [0.25, 0.3) is 11.6 Å². The molecule has 10 nitrogen and oxygen atoms in total. The molecule has 0 saturated heterocycles. The molecule has 0 fully saturated rings. The Morgan fingerprint density at radius 2 is 1.52 bits per heavy atom. The molecule has 2 aliphatic heterocycles. The second-order valence-corrected chi connectivity index (χ2v) is 7.23. The molecule has 3 aromatic carbocycles. The van der Waals surface area contributed by atoms with Gasteiger partial charge >= 0.3 is 0 Å². The number of nitrogens with one attached hydrogen (secondary N) is 1. The first-order valence-corrected chi connectivity index (χ1v) is 9.40. The smallest absolute Gasteiger partial charge is 0.273 e. The maximum absolute atomic E-state index is 11.8. The summed E-state index contributed by atoms with van der Waals surface area (Å²) in [4.78, 5) is 31.2. The second-order valence-electron chi connectivity index (χ2n) is 6.48. The molecule has 0 aliphatic carbocycles. The summed E-state index contributed by atoms with van der Waals surface area (Å²) in [5.41, 5.74) is 2.90. The number of halogens is 2. The van der Waals surface area contributed by atoms with Crippen LogP contribution in [0.1, 0.15) is 10.4 Å². The van der Waals surface area contributed by atoms with Crippen LogP contribution in [0.25, 0.3) is 0 Å². The van der Waals surface area contributed by atoms with Crippen LogP contribution in [-0.2, 0) is 0 Å². The second kappa shape index (κ2) is 6.91. The van der Waals surface area contributed by atoms with Crippen molar-refractivity contribution < 1.29 is 19.2 Å². The third kappa shape index (κ3) is 2.96. The van der Waals surface area contributed by atoms with Gasteiger partial charge in [-0.05, 0) is 24.3 Å².